The maximum atomic E-state index is 13.7. The number of pyridine rings is 1. The Morgan fingerprint density at radius 3 is 2.69 bits per heavy atom. The largest absolute Gasteiger partial charge is 0.380 e. The van der Waals surface area contributed by atoms with Crippen LogP contribution in [0.15, 0.2) is 54.6 Å². The van der Waals surface area contributed by atoms with Gasteiger partial charge in [-0.25, -0.2) is 9.37 Å². The van der Waals surface area contributed by atoms with E-state index in [-0.39, 0.29) is 31.5 Å². The molecule has 3 aromatic rings. The molecule has 1 aromatic heterocycles. The Morgan fingerprint density at radius 2 is 1.94 bits per heavy atom. The number of carbonyl (C=O) groups is 2. The summed E-state index contributed by atoms with van der Waals surface area (Å²) >= 11 is 0. The molecule has 2 amide bonds. The fourth-order valence-electron chi connectivity index (χ4n) is 5.09. The smallest absolute Gasteiger partial charge is 0.250 e. The second-order valence-electron chi connectivity index (χ2n) is 9.37. The fourth-order valence-corrected chi connectivity index (χ4v) is 5.09. The van der Waals surface area contributed by atoms with Crippen molar-refractivity contribution in [2.24, 2.45) is 5.73 Å². The van der Waals surface area contributed by atoms with Crippen LogP contribution < -0.4 is 11.1 Å². The lowest BCUT2D eigenvalue weighted by Gasteiger charge is -2.23. The molecule has 5 rings (SSSR count). The van der Waals surface area contributed by atoms with Gasteiger partial charge in [-0.05, 0) is 30.7 Å². The Labute approximate surface area is 208 Å². The summed E-state index contributed by atoms with van der Waals surface area (Å²) in [7, 11) is 0. The van der Waals surface area contributed by atoms with Gasteiger partial charge < -0.3 is 16.0 Å². The van der Waals surface area contributed by atoms with E-state index in [1.54, 1.807) is 6.07 Å². The Bertz CT molecular complexity index is 1340. The Hall–Kier alpha value is -4.03. The van der Waals surface area contributed by atoms with Crippen LogP contribution in [0.4, 0.5) is 10.1 Å². The summed E-state index contributed by atoms with van der Waals surface area (Å²) < 4.78 is 13.7. The van der Waals surface area contributed by atoms with E-state index in [1.165, 1.54) is 4.90 Å². The number of nitrogens with two attached hydrogens (primary N) is 1. The van der Waals surface area contributed by atoms with Gasteiger partial charge in [0, 0.05) is 42.2 Å². The maximum Gasteiger partial charge on any atom is 0.250 e. The molecule has 2 fully saturated rings. The number of amides is 2. The van der Waals surface area contributed by atoms with Gasteiger partial charge in [0.05, 0.1) is 35.9 Å². The average molecular weight is 487 g/mol. The number of nitrogens with zero attached hydrogens (tertiary/aromatic N) is 4. The molecular formula is C27H27FN6O2. The number of aromatic nitrogens is 1. The molecule has 0 spiro atoms. The number of carbonyl (C=O) groups excluding carboxylic acids is 2. The van der Waals surface area contributed by atoms with E-state index in [9.17, 15) is 19.2 Å². The molecule has 8 nitrogen and oxygen atoms in total. The molecule has 3 atom stereocenters. The molecule has 2 aliphatic rings. The van der Waals surface area contributed by atoms with Crippen LogP contribution in [0.3, 0.4) is 0 Å². The van der Waals surface area contributed by atoms with Gasteiger partial charge in [0.1, 0.15) is 12.2 Å². The normalized spacial score (nSPS) is 22.0. The third kappa shape index (κ3) is 4.72. The molecule has 9 heteroatoms. The molecule has 0 saturated carbocycles. The van der Waals surface area contributed by atoms with Gasteiger partial charge in [-0.2, -0.15) is 5.26 Å². The molecule has 2 aromatic carbocycles. The predicted molar refractivity (Wildman–Crippen MR) is 135 cm³/mol. The number of anilines is 1. The number of hydrogen-bond acceptors (Lipinski definition) is 6. The summed E-state index contributed by atoms with van der Waals surface area (Å²) in [6.45, 7) is 1.49. The summed E-state index contributed by atoms with van der Waals surface area (Å²) in [5.74, 6) is -0.751. The summed E-state index contributed by atoms with van der Waals surface area (Å²) in [5.41, 5.74) is 9.07. The fraction of sp³-hybridized carbons (Fsp3) is 0.333. The Kier molecular flexibility index (Phi) is 6.53. The second kappa shape index (κ2) is 9.91. The molecule has 3 N–H and O–H groups in total. The SMILES string of the molecule is N#C[C@@H]1C[C@H](F)CN1C(=O)CN1CC[C@H](Nc2ccc(C(N)=O)c3nc(-c4ccccc4)ccc23)C1. The molecule has 36 heavy (non-hydrogen) atoms. The number of halogens is 1. The zero-order valence-electron chi connectivity index (χ0n) is 19.7. The number of fused-ring (bicyclic) bond motifs is 1. The van der Waals surface area contributed by atoms with E-state index in [1.807, 2.05) is 59.5 Å². The van der Waals surface area contributed by atoms with E-state index in [2.05, 4.69) is 5.32 Å². The van der Waals surface area contributed by atoms with Crippen LogP contribution >= 0.6 is 0 Å². The van der Waals surface area contributed by atoms with E-state index in [0.717, 1.165) is 28.8 Å². The standard InChI is InChI=1S/C27H27FN6O2/c28-18-12-20(13-29)34(14-18)25(35)16-33-11-10-19(15-33)31-24-9-7-22(27(30)36)26-21(24)6-8-23(32-26)17-4-2-1-3-5-17/h1-9,18-20,31H,10-12,14-16H2,(H2,30,36)/t18-,19-,20-/m0/s1. The van der Waals surface area contributed by atoms with Gasteiger partial charge in [0.2, 0.25) is 5.91 Å². The first-order valence-corrected chi connectivity index (χ1v) is 12.0. The van der Waals surface area contributed by atoms with Crippen molar-refractivity contribution in [2.45, 2.75) is 31.1 Å². The minimum absolute atomic E-state index is 0.0112. The van der Waals surface area contributed by atoms with E-state index in [0.29, 0.717) is 24.2 Å². The number of primary amides is 1. The highest BCUT2D eigenvalue weighted by molar-refractivity contribution is 6.08. The summed E-state index contributed by atoms with van der Waals surface area (Å²) in [6, 6.07) is 18.5. The molecule has 0 bridgehead atoms. The van der Waals surface area contributed by atoms with Gasteiger partial charge >= 0.3 is 0 Å². The van der Waals surface area contributed by atoms with E-state index >= 15 is 0 Å². The Balaban J connectivity index is 1.32. The molecule has 2 saturated heterocycles. The summed E-state index contributed by atoms with van der Waals surface area (Å²) in [5, 5.41) is 13.6. The van der Waals surface area contributed by atoms with Crippen molar-refractivity contribution in [3.63, 3.8) is 0 Å². The van der Waals surface area contributed by atoms with Crippen molar-refractivity contribution >= 4 is 28.4 Å². The van der Waals surface area contributed by atoms with Gasteiger partial charge in [-0.3, -0.25) is 14.5 Å². The zero-order chi connectivity index (χ0) is 25.2. The number of nitrogens with one attached hydrogen (secondary N) is 1. The summed E-state index contributed by atoms with van der Waals surface area (Å²) in [6.07, 6.45) is -0.241. The van der Waals surface area contributed by atoms with Crippen LogP contribution in [-0.2, 0) is 4.79 Å². The lowest BCUT2D eigenvalue weighted by Crippen LogP contribution is -2.42. The van der Waals surface area contributed by atoms with Crippen LogP contribution in [-0.4, -0.2) is 71.0 Å². The van der Waals surface area contributed by atoms with Crippen LogP contribution in [0, 0.1) is 11.3 Å². The molecule has 0 aliphatic carbocycles. The molecule has 0 radical (unpaired) electrons. The molecule has 3 heterocycles. The first kappa shape index (κ1) is 23.7. The molecular weight excluding hydrogens is 459 g/mol. The van der Waals surface area contributed by atoms with E-state index < -0.39 is 18.1 Å². The number of likely N-dealkylation sites (tertiary alicyclic amines) is 2. The lowest BCUT2D eigenvalue weighted by molar-refractivity contribution is -0.132. The van der Waals surface area contributed by atoms with Crippen molar-refractivity contribution in [3.05, 3.63) is 60.2 Å². The first-order valence-electron chi connectivity index (χ1n) is 12.0. The number of alkyl halides is 1. The van der Waals surface area contributed by atoms with Crippen molar-refractivity contribution < 1.29 is 14.0 Å². The number of hydrogen-bond donors (Lipinski definition) is 2. The monoisotopic (exact) mass is 486 g/mol. The highest BCUT2D eigenvalue weighted by Gasteiger charge is 2.36. The summed E-state index contributed by atoms with van der Waals surface area (Å²) in [4.78, 5) is 33.0. The lowest BCUT2D eigenvalue weighted by atomic mass is 10.0. The van der Waals surface area contributed by atoms with Crippen molar-refractivity contribution in [3.8, 4) is 17.3 Å². The Morgan fingerprint density at radius 1 is 1.14 bits per heavy atom. The third-order valence-corrected chi connectivity index (χ3v) is 6.90. The third-order valence-electron chi connectivity index (χ3n) is 6.90. The molecule has 0 unspecified atom stereocenters. The second-order valence-corrected chi connectivity index (χ2v) is 9.37. The van der Waals surface area contributed by atoms with Crippen molar-refractivity contribution in [2.75, 3.05) is 31.5 Å². The number of benzene rings is 2. The predicted octanol–water partition coefficient (Wildman–Crippen LogP) is 2.95. The zero-order valence-corrected chi connectivity index (χ0v) is 19.7. The molecule has 2 aliphatic heterocycles. The topological polar surface area (TPSA) is 115 Å². The number of nitriles is 1. The highest BCUT2D eigenvalue weighted by atomic mass is 19.1. The van der Waals surface area contributed by atoms with Crippen molar-refractivity contribution in [1.82, 2.24) is 14.8 Å². The minimum Gasteiger partial charge on any atom is -0.380 e. The van der Waals surface area contributed by atoms with E-state index in [4.69, 9.17) is 10.7 Å². The van der Waals surface area contributed by atoms with Crippen molar-refractivity contribution in [1.29, 1.82) is 5.26 Å². The van der Waals surface area contributed by atoms with Gasteiger partial charge in [0.25, 0.3) is 5.91 Å². The average Bonchev–Trinajstić information content (AvgIpc) is 3.49. The van der Waals surface area contributed by atoms with Gasteiger partial charge in [-0.15, -0.1) is 0 Å². The number of rotatable bonds is 6. The van der Waals surface area contributed by atoms with Crippen LogP contribution in [0.2, 0.25) is 0 Å². The molecule has 184 valence electrons. The van der Waals surface area contributed by atoms with Gasteiger partial charge in [-0.1, -0.05) is 30.3 Å². The quantitative estimate of drug-likeness (QED) is 0.554. The van der Waals surface area contributed by atoms with Gasteiger partial charge in [0.15, 0.2) is 0 Å². The highest BCUT2D eigenvalue weighted by Crippen LogP contribution is 2.30. The first-order chi connectivity index (χ1) is 17.4. The van der Waals surface area contributed by atoms with Crippen LogP contribution in [0.25, 0.3) is 22.2 Å². The van der Waals surface area contributed by atoms with Crippen LogP contribution in [0.5, 0.6) is 0 Å². The maximum absolute atomic E-state index is 13.7. The minimum atomic E-state index is -1.14. The van der Waals surface area contributed by atoms with Crippen LogP contribution in [0.1, 0.15) is 23.2 Å².